The van der Waals surface area contributed by atoms with Crippen LogP contribution >= 0.6 is 0 Å². The maximum Gasteiger partial charge on any atom is 0.283 e. The van der Waals surface area contributed by atoms with Crippen LogP contribution in [0.5, 0.6) is 0 Å². The predicted octanol–water partition coefficient (Wildman–Crippen LogP) is 3.19. The number of fused-ring (bicyclic) bond motifs is 1. The fourth-order valence-electron chi connectivity index (χ4n) is 3.06. The highest BCUT2D eigenvalue weighted by molar-refractivity contribution is 5.93. The summed E-state index contributed by atoms with van der Waals surface area (Å²) in [5.74, 6) is -1.27. The number of nitrogens with two attached hydrogens (primary N) is 1. The first kappa shape index (κ1) is 17.8. The minimum atomic E-state index is -0.830. The first-order chi connectivity index (χ1) is 12.5. The molecule has 5 N–H and O–H groups in total. The molecule has 26 heavy (non-hydrogen) atoms. The summed E-state index contributed by atoms with van der Waals surface area (Å²) >= 11 is 0. The molecule has 3 aromatic rings. The summed E-state index contributed by atoms with van der Waals surface area (Å²) in [6, 6.07) is 16.0. The van der Waals surface area contributed by atoms with E-state index in [4.69, 9.17) is 5.73 Å². The Morgan fingerprint density at radius 2 is 1.92 bits per heavy atom. The second-order valence-electron chi connectivity index (χ2n) is 6.34. The molecule has 0 aliphatic rings. The van der Waals surface area contributed by atoms with Gasteiger partial charge in [0, 0.05) is 23.1 Å². The number of hydrogen-bond donors (Lipinski definition) is 4. The molecule has 0 bridgehead atoms. The van der Waals surface area contributed by atoms with Crippen LogP contribution in [0.25, 0.3) is 17.0 Å². The Morgan fingerprint density at radius 1 is 1.19 bits per heavy atom. The van der Waals surface area contributed by atoms with E-state index in [9.17, 15) is 9.90 Å². The average molecular weight is 349 g/mol. The van der Waals surface area contributed by atoms with Crippen molar-refractivity contribution in [2.24, 2.45) is 5.73 Å². The number of aromatic nitrogens is 1. The van der Waals surface area contributed by atoms with Gasteiger partial charge in [0.25, 0.3) is 5.91 Å². The number of primary amides is 1. The number of aromatic amines is 1. The van der Waals surface area contributed by atoms with Crippen LogP contribution in [-0.2, 0) is 17.8 Å². The van der Waals surface area contributed by atoms with Gasteiger partial charge in [-0.1, -0.05) is 42.5 Å². The van der Waals surface area contributed by atoms with Crippen LogP contribution in [-0.4, -0.2) is 22.5 Å². The molecular formula is C21H23N3O2. The van der Waals surface area contributed by atoms with Gasteiger partial charge in [-0.2, -0.15) is 0 Å². The second kappa shape index (κ2) is 7.89. The zero-order valence-corrected chi connectivity index (χ0v) is 14.8. The van der Waals surface area contributed by atoms with Crippen LogP contribution in [0.15, 0.2) is 54.3 Å². The number of para-hydroxylation sites is 1. The molecule has 0 spiro atoms. The standard InChI is InChI=1S/C21H23N3O2/c1-14-17(18-4-2-3-5-19(18)24-14)10-11-23-13-16-8-6-15(7-9-16)12-20(25)21(22)26/h2-9,12,23-25H,10-11,13H2,1H3,(H2,22,26). The van der Waals surface area contributed by atoms with Gasteiger partial charge in [-0.25, -0.2) is 0 Å². The van der Waals surface area contributed by atoms with E-state index < -0.39 is 11.7 Å². The molecule has 0 unspecified atom stereocenters. The highest BCUT2D eigenvalue weighted by Crippen LogP contribution is 2.21. The van der Waals surface area contributed by atoms with Crippen molar-refractivity contribution in [3.05, 3.63) is 76.7 Å². The van der Waals surface area contributed by atoms with Gasteiger partial charge in [0.05, 0.1) is 0 Å². The fraction of sp³-hybridized carbons (Fsp3) is 0.190. The minimum absolute atomic E-state index is 0.440. The van der Waals surface area contributed by atoms with E-state index in [1.54, 1.807) is 0 Å². The fourth-order valence-corrected chi connectivity index (χ4v) is 3.06. The third-order valence-electron chi connectivity index (χ3n) is 4.44. The number of hydrogen-bond acceptors (Lipinski definition) is 3. The molecule has 0 aliphatic heterocycles. The molecule has 5 heteroatoms. The Kier molecular flexibility index (Phi) is 5.39. The SMILES string of the molecule is Cc1[nH]c2ccccc2c1CCNCc1ccc(C=C(O)C(N)=O)cc1. The molecule has 1 aromatic heterocycles. The number of benzene rings is 2. The molecule has 0 aliphatic carbocycles. The van der Waals surface area contributed by atoms with Crippen LogP contribution in [0.2, 0.25) is 0 Å². The number of rotatable bonds is 7. The lowest BCUT2D eigenvalue weighted by atomic mass is 10.1. The zero-order chi connectivity index (χ0) is 18.5. The summed E-state index contributed by atoms with van der Waals surface area (Å²) in [7, 11) is 0. The summed E-state index contributed by atoms with van der Waals surface area (Å²) in [4.78, 5) is 14.3. The van der Waals surface area contributed by atoms with Crippen LogP contribution in [0.3, 0.4) is 0 Å². The Morgan fingerprint density at radius 3 is 2.65 bits per heavy atom. The highest BCUT2D eigenvalue weighted by atomic mass is 16.3. The lowest BCUT2D eigenvalue weighted by Crippen LogP contribution is -2.16. The predicted molar refractivity (Wildman–Crippen MR) is 105 cm³/mol. The molecule has 0 saturated carbocycles. The third kappa shape index (κ3) is 4.13. The minimum Gasteiger partial charge on any atom is -0.503 e. The Labute approximate surface area is 152 Å². The van der Waals surface area contributed by atoms with Gasteiger partial charge < -0.3 is 21.1 Å². The van der Waals surface area contributed by atoms with Gasteiger partial charge >= 0.3 is 0 Å². The zero-order valence-electron chi connectivity index (χ0n) is 14.8. The molecule has 1 heterocycles. The van der Waals surface area contributed by atoms with Gasteiger partial charge in [0.15, 0.2) is 5.76 Å². The summed E-state index contributed by atoms with van der Waals surface area (Å²) < 4.78 is 0. The van der Waals surface area contributed by atoms with Crippen molar-refractivity contribution >= 4 is 22.9 Å². The number of carbonyl (C=O) groups is 1. The summed E-state index contributed by atoms with van der Waals surface area (Å²) in [5, 5.41) is 14.1. The average Bonchev–Trinajstić information content (AvgIpc) is 2.95. The maximum atomic E-state index is 10.8. The molecule has 2 aromatic carbocycles. The van der Waals surface area contributed by atoms with Crippen LogP contribution in [0.4, 0.5) is 0 Å². The molecule has 134 valence electrons. The molecule has 1 amide bonds. The molecule has 0 fully saturated rings. The summed E-state index contributed by atoms with van der Waals surface area (Å²) in [6.45, 7) is 3.75. The van der Waals surface area contributed by atoms with Crippen molar-refractivity contribution in [2.45, 2.75) is 19.9 Å². The molecule has 5 nitrogen and oxygen atoms in total. The van der Waals surface area contributed by atoms with Crippen molar-refractivity contribution in [3.8, 4) is 0 Å². The number of aliphatic hydroxyl groups is 1. The van der Waals surface area contributed by atoms with Crippen LogP contribution in [0, 0.1) is 6.92 Å². The molecular weight excluding hydrogens is 326 g/mol. The lowest BCUT2D eigenvalue weighted by Gasteiger charge is -2.06. The summed E-state index contributed by atoms with van der Waals surface area (Å²) in [5.41, 5.74) is 10.6. The van der Waals surface area contributed by atoms with Crippen LogP contribution in [0.1, 0.15) is 22.4 Å². The van der Waals surface area contributed by atoms with E-state index >= 15 is 0 Å². The van der Waals surface area contributed by atoms with Gasteiger partial charge in [-0.3, -0.25) is 4.79 Å². The molecule has 3 rings (SSSR count). The van der Waals surface area contributed by atoms with E-state index in [1.807, 2.05) is 30.3 Å². The molecule has 0 radical (unpaired) electrons. The smallest absolute Gasteiger partial charge is 0.283 e. The molecule has 0 saturated heterocycles. The first-order valence-corrected chi connectivity index (χ1v) is 8.61. The van der Waals surface area contributed by atoms with E-state index in [0.29, 0.717) is 0 Å². The number of aryl methyl sites for hydroxylation is 1. The Hall–Kier alpha value is -3.05. The Bertz CT molecular complexity index is 940. The number of nitrogens with one attached hydrogen (secondary N) is 2. The third-order valence-corrected chi connectivity index (χ3v) is 4.44. The van der Waals surface area contributed by atoms with Crippen molar-refractivity contribution in [1.29, 1.82) is 0 Å². The monoisotopic (exact) mass is 349 g/mol. The van der Waals surface area contributed by atoms with E-state index in [2.05, 4.69) is 35.4 Å². The van der Waals surface area contributed by atoms with E-state index in [1.165, 1.54) is 28.2 Å². The normalized spacial score (nSPS) is 11.8. The second-order valence-corrected chi connectivity index (χ2v) is 6.34. The van der Waals surface area contributed by atoms with Crippen molar-refractivity contribution in [3.63, 3.8) is 0 Å². The largest absolute Gasteiger partial charge is 0.503 e. The van der Waals surface area contributed by atoms with E-state index in [0.717, 1.165) is 30.6 Å². The summed E-state index contributed by atoms with van der Waals surface area (Å²) in [6.07, 6.45) is 2.32. The number of aliphatic hydroxyl groups excluding tert-OH is 1. The van der Waals surface area contributed by atoms with Gasteiger partial charge in [0.2, 0.25) is 0 Å². The number of H-pyrrole nitrogens is 1. The van der Waals surface area contributed by atoms with Crippen molar-refractivity contribution in [2.75, 3.05) is 6.54 Å². The topological polar surface area (TPSA) is 91.1 Å². The molecule has 0 atom stereocenters. The maximum absolute atomic E-state index is 10.8. The van der Waals surface area contributed by atoms with Crippen LogP contribution < -0.4 is 11.1 Å². The van der Waals surface area contributed by atoms with E-state index in [-0.39, 0.29) is 0 Å². The highest BCUT2D eigenvalue weighted by Gasteiger charge is 2.07. The van der Waals surface area contributed by atoms with Gasteiger partial charge in [-0.15, -0.1) is 0 Å². The number of carbonyl (C=O) groups excluding carboxylic acids is 1. The first-order valence-electron chi connectivity index (χ1n) is 8.61. The number of amides is 1. The van der Waals surface area contributed by atoms with Crippen molar-refractivity contribution in [1.82, 2.24) is 10.3 Å². The van der Waals surface area contributed by atoms with Gasteiger partial charge in [0.1, 0.15) is 0 Å². The quantitative estimate of drug-likeness (QED) is 0.300. The Balaban J connectivity index is 1.54. The van der Waals surface area contributed by atoms with Crippen molar-refractivity contribution < 1.29 is 9.90 Å². The van der Waals surface area contributed by atoms with Gasteiger partial charge in [-0.05, 0) is 48.7 Å². The lowest BCUT2D eigenvalue weighted by molar-refractivity contribution is -0.116.